The molecule has 1 fully saturated rings. The third kappa shape index (κ3) is 4.54. The van der Waals surface area contributed by atoms with E-state index in [2.05, 4.69) is 14.1 Å². The zero-order chi connectivity index (χ0) is 9.40. The van der Waals surface area contributed by atoms with Crippen molar-refractivity contribution in [3.63, 3.8) is 0 Å². The van der Waals surface area contributed by atoms with Crippen LogP contribution in [-0.4, -0.2) is 23.9 Å². The van der Waals surface area contributed by atoms with Crippen molar-refractivity contribution in [2.75, 3.05) is 13.1 Å². The molecule has 1 aliphatic heterocycles. The second-order valence-electron chi connectivity index (χ2n) is 2.44. The Morgan fingerprint density at radius 2 is 1.92 bits per heavy atom. The van der Waals surface area contributed by atoms with Gasteiger partial charge in [-0.3, -0.25) is 4.67 Å². The molecule has 0 bridgehead atoms. The number of hydrogen-bond acceptors (Lipinski definition) is 3. The molecule has 12 heavy (non-hydrogen) atoms. The molecule has 0 aromatic heterocycles. The first-order valence-electron chi connectivity index (χ1n) is 4.37. The maximum atomic E-state index is 8.19. The molecule has 0 aromatic rings. The summed E-state index contributed by atoms with van der Waals surface area (Å²) in [6, 6.07) is 0. The van der Waals surface area contributed by atoms with E-state index in [1.807, 2.05) is 13.8 Å². The lowest BCUT2D eigenvalue weighted by molar-refractivity contribution is 0.107. The molecular formula is C8H17N2OP. The van der Waals surface area contributed by atoms with Gasteiger partial charge in [0, 0.05) is 13.1 Å². The van der Waals surface area contributed by atoms with E-state index in [1.165, 1.54) is 0 Å². The molecule has 0 amide bonds. The van der Waals surface area contributed by atoms with Gasteiger partial charge in [0.2, 0.25) is 0 Å². The molecule has 3 nitrogen and oxygen atoms in total. The van der Waals surface area contributed by atoms with Gasteiger partial charge in [-0.05, 0) is 12.8 Å². The molecule has 1 heterocycles. The highest BCUT2D eigenvalue weighted by Gasteiger charge is 2.16. The molecule has 1 atom stereocenters. The smallest absolute Gasteiger partial charge is 0.286 e. The van der Waals surface area contributed by atoms with E-state index in [-0.39, 0.29) is 6.10 Å². The number of nitrogens with zero attached hydrogens (tertiary/aromatic N) is 2. The Labute approximate surface area is 76.9 Å². The summed E-state index contributed by atoms with van der Waals surface area (Å²) in [5.74, 6) is 0. The van der Waals surface area contributed by atoms with Gasteiger partial charge >= 0.3 is 0 Å². The summed E-state index contributed by atoms with van der Waals surface area (Å²) in [5, 5.41) is 8.19. The molecule has 1 aliphatic rings. The molecule has 4 heteroatoms. The number of rotatable bonds is 1. The van der Waals surface area contributed by atoms with Crippen LogP contribution in [0.3, 0.4) is 0 Å². The lowest BCUT2D eigenvalue weighted by atomic mass is 10.1. The second-order valence-corrected chi connectivity index (χ2v) is 3.17. The molecule has 1 saturated heterocycles. The highest BCUT2D eigenvalue weighted by molar-refractivity contribution is 7.13. The number of piperidine rings is 1. The van der Waals surface area contributed by atoms with Crippen LogP contribution >= 0.6 is 9.39 Å². The van der Waals surface area contributed by atoms with Crippen LogP contribution in [0.5, 0.6) is 0 Å². The van der Waals surface area contributed by atoms with E-state index >= 15 is 0 Å². The van der Waals surface area contributed by atoms with Crippen LogP contribution in [0.25, 0.3) is 0 Å². The first kappa shape index (κ1) is 11.7. The van der Waals surface area contributed by atoms with Gasteiger partial charge in [-0.1, -0.05) is 23.2 Å². The number of ether oxygens (including phenoxy) is 1. The Morgan fingerprint density at radius 1 is 1.42 bits per heavy atom. The minimum absolute atomic E-state index is 0.168. The molecule has 1 rings (SSSR count). The molecule has 0 N–H and O–H groups in total. The maximum absolute atomic E-state index is 8.19. The van der Waals surface area contributed by atoms with Crippen molar-refractivity contribution in [1.82, 2.24) is 4.67 Å². The van der Waals surface area contributed by atoms with Crippen LogP contribution in [0.2, 0.25) is 0 Å². The zero-order valence-corrected chi connectivity index (χ0v) is 8.94. The van der Waals surface area contributed by atoms with Gasteiger partial charge in [-0.2, -0.15) is 5.26 Å². The van der Waals surface area contributed by atoms with Crippen molar-refractivity contribution in [3.05, 3.63) is 0 Å². The van der Waals surface area contributed by atoms with Crippen molar-refractivity contribution in [1.29, 1.82) is 5.26 Å². The normalized spacial score (nSPS) is 18.8. The summed E-state index contributed by atoms with van der Waals surface area (Å²) < 4.78 is 6.96. The first-order chi connectivity index (χ1) is 5.83. The van der Waals surface area contributed by atoms with Gasteiger partial charge in [-0.15, -0.1) is 0 Å². The summed E-state index contributed by atoms with van der Waals surface area (Å²) >= 11 is 0. The SMILES string of the molecule is CC.N#COC1CCN(P)CC1. The monoisotopic (exact) mass is 188 g/mol. The number of hydrogen-bond donors (Lipinski definition) is 0. The fourth-order valence-corrected chi connectivity index (χ4v) is 1.37. The van der Waals surface area contributed by atoms with Gasteiger partial charge in [0.15, 0.2) is 0 Å². The molecule has 0 spiro atoms. The molecule has 0 aliphatic carbocycles. The van der Waals surface area contributed by atoms with Crippen LogP contribution in [0, 0.1) is 11.5 Å². The van der Waals surface area contributed by atoms with E-state index in [4.69, 9.17) is 10.00 Å². The van der Waals surface area contributed by atoms with Crippen LogP contribution in [0.1, 0.15) is 26.7 Å². The zero-order valence-electron chi connectivity index (χ0n) is 7.79. The van der Waals surface area contributed by atoms with Gasteiger partial charge in [0.05, 0.1) is 0 Å². The van der Waals surface area contributed by atoms with E-state index in [1.54, 1.807) is 6.26 Å². The van der Waals surface area contributed by atoms with Crippen LogP contribution in [0.4, 0.5) is 0 Å². The Kier molecular flexibility index (Phi) is 7.14. The van der Waals surface area contributed by atoms with Crippen molar-refractivity contribution in [2.24, 2.45) is 0 Å². The second kappa shape index (κ2) is 7.34. The van der Waals surface area contributed by atoms with Crippen LogP contribution < -0.4 is 0 Å². The lowest BCUT2D eigenvalue weighted by Crippen LogP contribution is -2.29. The van der Waals surface area contributed by atoms with E-state index < -0.39 is 0 Å². The molecule has 1 unspecified atom stereocenters. The first-order valence-corrected chi connectivity index (χ1v) is 4.89. The van der Waals surface area contributed by atoms with Crippen LogP contribution in [-0.2, 0) is 4.74 Å². The van der Waals surface area contributed by atoms with Gasteiger partial charge in [-0.25, -0.2) is 0 Å². The lowest BCUT2D eigenvalue weighted by Gasteiger charge is -2.26. The third-order valence-electron chi connectivity index (χ3n) is 1.70. The topological polar surface area (TPSA) is 36.3 Å². The Bertz CT molecular complexity index is 138. The highest BCUT2D eigenvalue weighted by atomic mass is 31.0. The predicted molar refractivity (Wildman–Crippen MR) is 52.4 cm³/mol. The standard InChI is InChI=1S/C6H11N2OP.C2H6/c7-5-9-6-1-3-8(10)4-2-6;1-2/h6H,1-4,10H2;1-2H3. The number of nitriles is 1. The molecule has 0 saturated carbocycles. The predicted octanol–water partition coefficient (Wildman–Crippen LogP) is 1.76. The largest absolute Gasteiger partial charge is 0.424 e. The minimum atomic E-state index is 0.168. The van der Waals surface area contributed by atoms with E-state index in [0.717, 1.165) is 25.9 Å². The highest BCUT2D eigenvalue weighted by Crippen LogP contribution is 2.15. The Morgan fingerprint density at radius 3 is 2.33 bits per heavy atom. The Balaban J connectivity index is 0.000000561. The van der Waals surface area contributed by atoms with E-state index in [0.29, 0.717) is 0 Å². The third-order valence-corrected chi connectivity index (χ3v) is 2.21. The summed E-state index contributed by atoms with van der Waals surface area (Å²) in [4.78, 5) is 0. The van der Waals surface area contributed by atoms with Gasteiger partial charge in [0.1, 0.15) is 6.10 Å². The molecule has 70 valence electrons. The molecular weight excluding hydrogens is 171 g/mol. The summed E-state index contributed by atoms with van der Waals surface area (Å²) in [6.45, 7) is 6.02. The Hall–Kier alpha value is -0.320. The minimum Gasteiger partial charge on any atom is -0.424 e. The van der Waals surface area contributed by atoms with Crippen LogP contribution in [0.15, 0.2) is 0 Å². The summed E-state index contributed by atoms with van der Waals surface area (Å²) in [6.07, 6.45) is 3.83. The average molecular weight is 188 g/mol. The molecule has 0 radical (unpaired) electrons. The van der Waals surface area contributed by atoms with Crippen molar-refractivity contribution >= 4 is 9.39 Å². The maximum Gasteiger partial charge on any atom is 0.286 e. The summed E-state index contributed by atoms with van der Waals surface area (Å²) in [5.41, 5.74) is 0. The van der Waals surface area contributed by atoms with Crippen molar-refractivity contribution < 1.29 is 4.74 Å². The fourth-order valence-electron chi connectivity index (χ4n) is 1.07. The van der Waals surface area contributed by atoms with Gasteiger partial charge in [0.25, 0.3) is 6.26 Å². The fraction of sp³-hybridized carbons (Fsp3) is 0.875. The summed E-state index contributed by atoms with van der Waals surface area (Å²) in [7, 11) is 2.65. The van der Waals surface area contributed by atoms with Crippen molar-refractivity contribution in [3.8, 4) is 6.26 Å². The van der Waals surface area contributed by atoms with Crippen molar-refractivity contribution in [2.45, 2.75) is 32.8 Å². The van der Waals surface area contributed by atoms with E-state index in [9.17, 15) is 0 Å². The average Bonchev–Trinajstić information content (AvgIpc) is 2.13. The molecule has 0 aromatic carbocycles. The quantitative estimate of drug-likeness (QED) is 0.464. The van der Waals surface area contributed by atoms with Gasteiger partial charge < -0.3 is 4.74 Å².